The van der Waals surface area contributed by atoms with E-state index in [0.29, 0.717) is 18.0 Å². The van der Waals surface area contributed by atoms with E-state index < -0.39 is 0 Å². The fourth-order valence-electron chi connectivity index (χ4n) is 1.52. The van der Waals surface area contributed by atoms with Gasteiger partial charge in [-0.1, -0.05) is 0 Å². The topological polar surface area (TPSA) is 60.2 Å². The number of nitrogen functional groups attached to an aromatic ring is 1. The Hall–Kier alpha value is -1.75. The molecule has 2 rings (SSSR count). The molecule has 5 heteroatoms. The molecule has 0 aliphatic rings. The Labute approximate surface area is 111 Å². The molecule has 0 unspecified atom stereocenters. The highest BCUT2D eigenvalue weighted by Crippen LogP contribution is 2.26. The Morgan fingerprint density at radius 2 is 2.28 bits per heavy atom. The summed E-state index contributed by atoms with van der Waals surface area (Å²) in [5.41, 5.74) is 10.4. The number of ether oxygens (including phenoxy) is 1. The first-order chi connectivity index (χ1) is 8.65. The van der Waals surface area contributed by atoms with Crippen LogP contribution >= 0.6 is 11.3 Å². The summed E-state index contributed by atoms with van der Waals surface area (Å²) >= 11 is 1.59. The van der Waals surface area contributed by atoms with Crippen LogP contribution in [0.1, 0.15) is 19.5 Å². The molecule has 96 valence electrons. The number of anilines is 2. The molecule has 0 amide bonds. The van der Waals surface area contributed by atoms with Gasteiger partial charge in [0.05, 0.1) is 29.5 Å². The smallest absolute Gasteiger partial charge is 0.144 e. The van der Waals surface area contributed by atoms with Crippen LogP contribution in [0.4, 0.5) is 11.4 Å². The molecule has 0 spiro atoms. The van der Waals surface area contributed by atoms with Crippen molar-refractivity contribution < 1.29 is 4.74 Å². The number of hydrogen-bond donors (Lipinski definition) is 2. The van der Waals surface area contributed by atoms with Crippen LogP contribution in [0.25, 0.3) is 0 Å². The second-order valence-corrected chi connectivity index (χ2v) is 4.97. The van der Waals surface area contributed by atoms with Crippen molar-refractivity contribution in [2.45, 2.75) is 26.5 Å². The van der Waals surface area contributed by atoms with Crippen molar-refractivity contribution in [1.82, 2.24) is 4.98 Å². The summed E-state index contributed by atoms with van der Waals surface area (Å²) in [6.07, 6.45) is 0.112. The lowest BCUT2D eigenvalue weighted by Gasteiger charge is -2.14. The molecule has 0 saturated carbocycles. The maximum absolute atomic E-state index is 5.87. The molecule has 0 atom stereocenters. The van der Waals surface area contributed by atoms with Gasteiger partial charge in [0.2, 0.25) is 0 Å². The predicted molar refractivity (Wildman–Crippen MR) is 76.1 cm³/mol. The van der Waals surface area contributed by atoms with Crippen LogP contribution in [0.3, 0.4) is 0 Å². The van der Waals surface area contributed by atoms with E-state index in [1.54, 1.807) is 11.3 Å². The summed E-state index contributed by atoms with van der Waals surface area (Å²) in [7, 11) is 0. The Bertz CT molecular complexity index is 497. The van der Waals surface area contributed by atoms with Crippen molar-refractivity contribution in [2.24, 2.45) is 0 Å². The van der Waals surface area contributed by atoms with Gasteiger partial charge >= 0.3 is 0 Å². The lowest BCUT2D eigenvalue weighted by Crippen LogP contribution is -2.08. The number of aromatic nitrogens is 1. The molecule has 1 aromatic heterocycles. The number of benzene rings is 1. The van der Waals surface area contributed by atoms with E-state index in [9.17, 15) is 0 Å². The lowest BCUT2D eigenvalue weighted by molar-refractivity contribution is 0.244. The highest BCUT2D eigenvalue weighted by atomic mass is 32.1. The predicted octanol–water partition coefficient (Wildman–Crippen LogP) is 3.12. The second kappa shape index (κ2) is 5.73. The molecule has 0 radical (unpaired) electrons. The van der Waals surface area contributed by atoms with E-state index in [-0.39, 0.29) is 6.10 Å². The highest BCUT2D eigenvalue weighted by Gasteiger charge is 2.04. The van der Waals surface area contributed by atoms with Crippen LogP contribution < -0.4 is 15.8 Å². The highest BCUT2D eigenvalue weighted by molar-refractivity contribution is 7.07. The number of thiazole rings is 1. The minimum Gasteiger partial charge on any atom is -0.489 e. The van der Waals surface area contributed by atoms with E-state index in [1.165, 1.54) is 0 Å². The molecule has 0 saturated heterocycles. The van der Waals surface area contributed by atoms with E-state index in [2.05, 4.69) is 10.3 Å². The zero-order valence-electron chi connectivity index (χ0n) is 10.5. The molecule has 0 fully saturated rings. The summed E-state index contributed by atoms with van der Waals surface area (Å²) < 4.78 is 5.64. The molecule has 1 aromatic carbocycles. The van der Waals surface area contributed by atoms with Crippen LogP contribution in [0.2, 0.25) is 0 Å². The first kappa shape index (κ1) is 12.7. The third-order valence-electron chi connectivity index (χ3n) is 2.33. The minimum atomic E-state index is 0.112. The van der Waals surface area contributed by atoms with Crippen molar-refractivity contribution in [1.29, 1.82) is 0 Å². The van der Waals surface area contributed by atoms with Gasteiger partial charge in [-0.3, -0.25) is 0 Å². The van der Waals surface area contributed by atoms with Crippen LogP contribution in [-0.4, -0.2) is 11.1 Å². The molecule has 0 aliphatic heterocycles. The zero-order chi connectivity index (χ0) is 13.0. The Morgan fingerprint density at radius 1 is 1.44 bits per heavy atom. The van der Waals surface area contributed by atoms with E-state index in [0.717, 1.165) is 11.4 Å². The van der Waals surface area contributed by atoms with Gasteiger partial charge in [0.15, 0.2) is 0 Å². The fourth-order valence-corrected chi connectivity index (χ4v) is 2.08. The molecular formula is C13H17N3OS. The maximum Gasteiger partial charge on any atom is 0.144 e. The van der Waals surface area contributed by atoms with Crippen LogP contribution in [0.5, 0.6) is 5.75 Å². The molecule has 3 N–H and O–H groups in total. The lowest BCUT2D eigenvalue weighted by atomic mass is 10.2. The van der Waals surface area contributed by atoms with Crippen molar-refractivity contribution in [3.8, 4) is 5.75 Å². The van der Waals surface area contributed by atoms with E-state index >= 15 is 0 Å². The van der Waals surface area contributed by atoms with Gasteiger partial charge in [0.25, 0.3) is 0 Å². The zero-order valence-corrected chi connectivity index (χ0v) is 11.3. The molecular weight excluding hydrogens is 246 g/mol. The van der Waals surface area contributed by atoms with Crippen molar-refractivity contribution in [2.75, 3.05) is 11.1 Å². The largest absolute Gasteiger partial charge is 0.489 e. The van der Waals surface area contributed by atoms with E-state index in [4.69, 9.17) is 10.5 Å². The third-order valence-corrected chi connectivity index (χ3v) is 2.97. The average Bonchev–Trinajstić information content (AvgIpc) is 2.82. The number of hydrogen-bond acceptors (Lipinski definition) is 5. The normalized spacial score (nSPS) is 10.6. The van der Waals surface area contributed by atoms with E-state index in [1.807, 2.05) is 42.9 Å². The number of nitrogens with zero attached hydrogens (tertiary/aromatic N) is 1. The molecule has 4 nitrogen and oxygen atoms in total. The van der Waals surface area contributed by atoms with Crippen molar-refractivity contribution >= 4 is 22.7 Å². The monoisotopic (exact) mass is 263 g/mol. The second-order valence-electron chi connectivity index (χ2n) is 4.25. The average molecular weight is 263 g/mol. The molecule has 0 aliphatic carbocycles. The fraction of sp³-hybridized carbons (Fsp3) is 0.308. The van der Waals surface area contributed by atoms with Gasteiger partial charge in [-0.25, -0.2) is 4.98 Å². The molecule has 2 aromatic rings. The van der Waals surface area contributed by atoms with Gasteiger partial charge in [0, 0.05) is 17.1 Å². The summed E-state index contributed by atoms with van der Waals surface area (Å²) in [5, 5.41) is 5.32. The quantitative estimate of drug-likeness (QED) is 0.814. The van der Waals surface area contributed by atoms with Crippen LogP contribution in [-0.2, 0) is 6.54 Å². The molecule has 0 bridgehead atoms. The van der Waals surface area contributed by atoms with Gasteiger partial charge in [-0.2, -0.15) is 0 Å². The number of nitrogens with two attached hydrogens (primary N) is 1. The Morgan fingerprint density at radius 3 is 2.94 bits per heavy atom. The third kappa shape index (κ3) is 3.37. The summed E-state index contributed by atoms with van der Waals surface area (Å²) in [5.74, 6) is 0.716. The Balaban J connectivity index is 2.04. The standard InChI is InChI=1S/C13H17N3OS/c1-9(2)17-13-5-10(3-4-12(13)14)15-6-11-7-18-8-16-11/h3-5,7-9,15H,6,14H2,1-2H3. The first-order valence-electron chi connectivity index (χ1n) is 5.82. The number of nitrogens with one attached hydrogen (secondary N) is 1. The van der Waals surface area contributed by atoms with Crippen LogP contribution in [0, 0.1) is 0 Å². The summed E-state index contributed by atoms with van der Waals surface area (Å²) in [6.45, 7) is 4.66. The van der Waals surface area contributed by atoms with Gasteiger partial charge < -0.3 is 15.8 Å². The SMILES string of the molecule is CC(C)Oc1cc(NCc2cscn2)ccc1N. The number of rotatable bonds is 5. The summed E-state index contributed by atoms with van der Waals surface area (Å²) in [6, 6.07) is 5.71. The molecule has 18 heavy (non-hydrogen) atoms. The Kier molecular flexibility index (Phi) is 4.04. The minimum absolute atomic E-state index is 0.112. The van der Waals surface area contributed by atoms with Crippen molar-refractivity contribution in [3.05, 3.63) is 34.8 Å². The first-order valence-corrected chi connectivity index (χ1v) is 6.76. The van der Waals surface area contributed by atoms with Gasteiger partial charge in [-0.05, 0) is 26.0 Å². The van der Waals surface area contributed by atoms with Crippen molar-refractivity contribution in [3.63, 3.8) is 0 Å². The van der Waals surface area contributed by atoms with Gasteiger partial charge in [0.1, 0.15) is 5.75 Å². The summed E-state index contributed by atoms with van der Waals surface area (Å²) in [4.78, 5) is 4.22. The van der Waals surface area contributed by atoms with Crippen LogP contribution in [0.15, 0.2) is 29.1 Å². The van der Waals surface area contributed by atoms with Gasteiger partial charge in [-0.15, -0.1) is 11.3 Å². The molecule has 1 heterocycles. The maximum atomic E-state index is 5.87.